The van der Waals surface area contributed by atoms with Crippen LogP contribution in [0.2, 0.25) is 0 Å². The van der Waals surface area contributed by atoms with Crippen LogP contribution < -0.4 is 0 Å². The van der Waals surface area contributed by atoms with Crippen LogP contribution in [0.25, 0.3) is 10.8 Å². The molecule has 0 N–H and O–H groups in total. The Labute approximate surface area is 168 Å². The monoisotopic (exact) mass is 381 g/mol. The zero-order valence-electron chi connectivity index (χ0n) is 15.8. The summed E-state index contributed by atoms with van der Waals surface area (Å²) in [6.45, 7) is 1.33. The highest BCUT2D eigenvalue weighted by molar-refractivity contribution is 6.23. The molecule has 29 heavy (non-hydrogen) atoms. The normalized spacial score (nSPS) is 12.2. The molecule has 0 unspecified atom stereocenters. The van der Waals surface area contributed by atoms with Crippen LogP contribution in [0.5, 0.6) is 0 Å². The second-order valence-electron chi connectivity index (χ2n) is 6.97. The summed E-state index contributed by atoms with van der Waals surface area (Å²) in [5.74, 6) is 0.614. The minimum Gasteiger partial charge on any atom is -0.337 e. The maximum Gasteiger partial charge on any atom is 0.261 e. The molecule has 0 aliphatic carbocycles. The van der Waals surface area contributed by atoms with Crippen LogP contribution in [0.4, 0.5) is 5.69 Å². The van der Waals surface area contributed by atoms with Gasteiger partial charge in [-0.25, -0.2) is 9.98 Å². The van der Waals surface area contributed by atoms with Crippen LogP contribution in [0.1, 0.15) is 22.3 Å². The zero-order valence-corrected chi connectivity index (χ0v) is 15.8. The van der Waals surface area contributed by atoms with E-state index in [4.69, 9.17) is 4.99 Å². The molecule has 5 rings (SSSR count). The lowest BCUT2D eigenvalue weighted by Crippen LogP contribution is -2.38. The first-order valence-electron chi connectivity index (χ1n) is 9.60. The third kappa shape index (κ3) is 3.18. The van der Waals surface area contributed by atoms with Crippen molar-refractivity contribution in [3.63, 3.8) is 0 Å². The van der Waals surface area contributed by atoms with E-state index < -0.39 is 0 Å². The molecular formula is C23H19N5O. The first kappa shape index (κ1) is 17.3. The van der Waals surface area contributed by atoms with Gasteiger partial charge in [-0.15, -0.1) is 0 Å². The molecule has 0 atom stereocenters. The van der Waals surface area contributed by atoms with Gasteiger partial charge in [0, 0.05) is 48.8 Å². The van der Waals surface area contributed by atoms with Crippen LogP contribution in [-0.2, 0) is 6.54 Å². The minimum atomic E-state index is -0.0905. The predicted octanol–water partition coefficient (Wildman–Crippen LogP) is 4.06. The quantitative estimate of drug-likeness (QED) is 0.524. The number of benzene rings is 2. The first-order chi connectivity index (χ1) is 14.3. The number of nitrogens with zero attached hydrogens (tertiary/aromatic N) is 5. The smallest absolute Gasteiger partial charge is 0.261 e. The average Bonchev–Trinajstić information content (AvgIpc) is 3.41. The lowest BCUT2D eigenvalue weighted by molar-refractivity contribution is 0.0845. The minimum absolute atomic E-state index is 0.0905. The summed E-state index contributed by atoms with van der Waals surface area (Å²) in [6.07, 6.45) is 9.54. The zero-order chi connectivity index (χ0) is 19.6. The summed E-state index contributed by atoms with van der Waals surface area (Å²) in [6, 6.07) is 15.8. The van der Waals surface area contributed by atoms with Crippen LogP contribution >= 0.6 is 0 Å². The third-order valence-corrected chi connectivity index (χ3v) is 5.12. The molecule has 0 spiro atoms. The van der Waals surface area contributed by atoms with E-state index in [9.17, 15) is 4.79 Å². The van der Waals surface area contributed by atoms with Crippen molar-refractivity contribution < 1.29 is 4.79 Å². The molecule has 0 saturated carbocycles. The molecule has 3 heterocycles. The first-order valence-corrected chi connectivity index (χ1v) is 9.60. The summed E-state index contributed by atoms with van der Waals surface area (Å²) in [5, 5.41) is 2.23. The molecule has 1 amide bonds. The van der Waals surface area contributed by atoms with Crippen LogP contribution in [0.3, 0.4) is 0 Å². The Morgan fingerprint density at radius 2 is 1.90 bits per heavy atom. The molecular weight excluding hydrogens is 362 g/mol. The molecule has 0 saturated heterocycles. The molecule has 1 aliphatic rings. The molecule has 2 aromatic heterocycles. The van der Waals surface area contributed by atoms with Crippen molar-refractivity contribution in [2.24, 2.45) is 4.99 Å². The Kier molecular flexibility index (Phi) is 4.37. The number of amidine groups is 1. The summed E-state index contributed by atoms with van der Waals surface area (Å²) in [5.41, 5.74) is 2.46. The summed E-state index contributed by atoms with van der Waals surface area (Å²) in [7, 11) is 0. The molecule has 4 aromatic rings. The van der Waals surface area contributed by atoms with E-state index in [0.717, 1.165) is 35.0 Å². The van der Waals surface area contributed by atoms with E-state index in [2.05, 4.69) is 22.1 Å². The summed E-state index contributed by atoms with van der Waals surface area (Å²) in [4.78, 5) is 28.2. The summed E-state index contributed by atoms with van der Waals surface area (Å²) >= 11 is 0. The highest BCUT2D eigenvalue weighted by atomic mass is 16.2. The Morgan fingerprint density at radius 3 is 2.69 bits per heavy atom. The largest absolute Gasteiger partial charge is 0.337 e. The van der Waals surface area contributed by atoms with Crippen molar-refractivity contribution in [1.29, 1.82) is 0 Å². The number of aryl methyl sites for hydroxylation is 1. The molecule has 6 nitrogen and oxygen atoms in total. The standard InChI is InChI=1S/C23H19N5O/c29-23(18-7-3-10-24-15-18)28(13-4-12-27-14-11-25-16-27)22-19-8-1-5-17-6-2-9-20(26-22)21(17)19/h1-3,5-11,14-16H,4,12-13H2. The van der Waals surface area contributed by atoms with E-state index in [0.29, 0.717) is 17.9 Å². The van der Waals surface area contributed by atoms with Gasteiger partial charge in [-0.2, -0.15) is 0 Å². The number of carbonyl (C=O) groups excluding carboxylic acids is 1. The number of amides is 1. The van der Waals surface area contributed by atoms with Crippen molar-refractivity contribution in [2.45, 2.75) is 13.0 Å². The molecule has 2 aromatic carbocycles. The Balaban J connectivity index is 1.50. The lowest BCUT2D eigenvalue weighted by Gasteiger charge is -2.23. The van der Waals surface area contributed by atoms with E-state index >= 15 is 0 Å². The topological polar surface area (TPSA) is 63.4 Å². The molecule has 0 bridgehead atoms. The maximum absolute atomic E-state index is 13.4. The predicted molar refractivity (Wildman–Crippen MR) is 112 cm³/mol. The van der Waals surface area contributed by atoms with Crippen molar-refractivity contribution >= 4 is 28.2 Å². The molecule has 1 aliphatic heterocycles. The second-order valence-corrected chi connectivity index (χ2v) is 6.97. The van der Waals surface area contributed by atoms with E-state index in [-0.39, 0.29) is 5.91 Å². The van der Waals surface area contributed by atoms with Gasteiger partial charge in [0.1, 0.15) is 5.84 Å². The molecule has 0 radical (unpaired) electrons. The maximum atomic E-state index is 13.4. The fraction of sp³-hybridized carbons (Fsp3) is 0.130. The second kappa shape index (κ2) is 7.31. The van der Waals surface area contributed by atoms with Gasteiger partial charge in [-0.1, -0.05) is 30.3 Å². The van der Waals surface area contributed by atoms with Crippen LogP contribution in [0.15, 0.2) is 84.6 Å². The van der Waals surface area contributed by atoms with Gasteiger partial charge < -0.3 is 4.57 Å². The number of aromatic nitrogens is 3. The van der Waals surface area contributed by atoms with Gasteiger partial charge in [0.05, 0.1) is 17.6 Å². The number of imidazole rings is 1. The highest BCUT2D eigenvalue weighted by Gasteiger charge is 2.27. The fourth-order valence-corrected chi connectivity index (χ4v) is 3.76. The van der Waals surface area contributed by atoms with E-state index in [1.807, 2.05) is 35.0 Å². The van der Waals surface area contributed by atoms with E-state index in [1.54, 1.807) is 42.0 Å². The van der Waals surface area contributed by atoms with Gasteiger partial charge >= 0.3 is 0 Å². The number of rotatable bonds is 5. The number of aliphatic imine (C=N–C) groups is 1. The van der Waals surface area contributed by atoms with Crippen molar-refractivity contribution in [3.05, 3.63) is 90.8 Å². The van der Waals surface area contributed by atoms with Gasteiger partial charge in [0.2, 0.25) is 0 Å². The van der Waals surface area contributed by atoms with Gasteiger partial charge in [0.15, 0.2) is 0 Å². The number of carbonyl (C=O) groups is 1. The Hall–Kier alpha value is -3.80. The Bertz CT molecular complexity index is 1190. The lowest BCUT2D eigenvalue weighted by atomic mass is 10.0. The highest BCUT2D eigenvalue weighted by Crippen LogP contribution is 2.36. The SMILES string of the molecule is O=C(c1cccnc1)N(CCCn1ccnc1)C1=Nc2cccc3cccc1c23. The third-order valence-electron chi connectivity index (χ3n) is 5.12. The van der Waals surface area contributed by atoms with Gasteiger partial charge in [0.25, 0.3) is 5.91 Å². The number of hydrogen-bond donors (Lipinski definition) is 0. The molecule has 142 valence electrons. The van der Waals surface area contributed by atoms with Crippen LogP contribution in [-0.4, -0.2) is 37.7 Å². The number of hydrogen-bond acceptors (Lipinski definition) is 4. The number of pyridine rings is 1. The van der Waals surface area contributed by atoms with Crippen molar-refractivity contribution in [2.75, 3.05) is 6.54 Å². The van der Waals surface area contributed by atoms with E-state index in [1.165, 1.54) is 0 Å². The van der Waals surface area contributed by atoms with Crippen molar-refractivity contribution in [3.8, 4) is 0 Å². The fourth-order valence-electron chi connectivity index (χ4n) is 3.76. The van der Waals surface area contributed by atoms with Crippen LogP contribution in [0, 0.1) is 0 Å². The average molecular weight is 381 g/mol. The molecule has 6 heteroatoms. The van der Waals surface area contributed by atoms with Gasteiger partial charge in [-0.3, -0.25) is 14.7 Å². The van der Waals surface area contributed by atoms with Gasteiger partial charge in [-0.05, 0) is 30.0 Å². The Morgan fingerprint density at radius 1 is 1.00 bits per heavy atom. The summed E-state index contributed by atoms with van der Waals surface area (Å²) < 4.78 is 2.01. The van der Waals surface area contributed by atoms with Crippen molar-refractivity contribution in [1.82, 2.24) is 19.4 Å². The molecule has 0 fully saturated rings.